The number of carbonyl (C=O) groups is 1. The lowest BCUT2D eigenvalue weighted by Gasteiger charge is -2.11. The third-order valence-electron chi connectivity index (χ3n) is 2.79. The number of benzene rings is 1. The minimum absolute atomic E-state index is 0.00634. The standard InChI is InChI=1S/C15H15ClO2S/c1-9-6-12(16)7-10(2)15(9)18-8-13(17)14-5-4-11(3)19-14/h4-7H,8H2,1-3H3. The summed E-state index contributed by atoms with van der Waals surface area (Å²) in [6, 6.07) is 7.46. The van der Waals surface area contributed by atoms with Gasteiger partial charge in [0.05, 0.1) is 4.88 Å². The van der Waals surface area contributed by atoms with E-state index in [2.05, 4.69) is 0 Å². The SMILES string of the molecule is Cc1ccc(C(=O)COc2c(C)cc(Cl)cc2C)s1. The summed E-state index contributed by atoms with van der Waals surface area (Å²) in [5.41, 5.74) is 1.89. The summed E-state index contributed by atoms with van der Waals surface area (Å²) in [6.45, 7) is 5.89. The highest BCUT2D eigenvalue weighted by Crippen LogP contribution is 2.27. The molecule has 1 aromatic heterocycles. The summed E-state index contributed by atoms with van der Waals surface area (Å²) in [6.07, 6.45) is 0. The molecular formula is C15H15ClO2S. The lowest BCUT2D eigenvalue weighted by atomic mass is 10.1. The van der Waals surface area contributed by atoms with Crippen LogP contribution in [0.2, 0.25) is 5.02 Å². The highest BCUT2D eigenvalue weighted by molar-refractivity contribution is 7.14. The largest absolute Gasteiger partial charge is 0.485 e. The number of hydrogen-bond donors (Lipinski definition) is 0. The number of Topliss-reactive ketones (excluding diaryl/α,β-unsaturated/α-hetero) is 1. The maximum Gasteiger partial charge on any atom is 0.210 e. The summed E-state index contributed by atoms with van der Waals surface area (Å²) in [5.74, 6) is 0.748. The summed E-state index contributed by atoms with van der Waals surface area (Å²) in [5, 5.41) is 0.683. The fourth-order valence-corrected chi connectivity index (χ4v) is 3.04. The number of thiophene rings is 1. The zero-order valence-corrected chi connectivity index (χ0v) is 12.7. The van der Waals surface area contributed by atoms with Gasteiger partial charge in [0.15, 0.2) is 6.61 Å². The lowest BCUT2D eigenvalue weighted by molar-refractivity contribution is 0.0925. The number of carbonyl (C=O) groups excluding carboxylic acids is 1. The molecule has 0 unspecified atom stereocenters. The Morgan fingerprint density at radius 2 is 1.84 bits per heavy atom. The average molecular weight is 295 g/mol. The van der Waals surface area contributed by atoms with Crippen molar-refractivity contribution in [3.05, 3.63) is 50.2 Å². The van der Waals surface area contributed by atoms with E-state index in [1.165, 1.54) is 11.3 Å². The Morgan fingerprint density at radius 1 is 1.21 bits per heavy atom. The molecule has 19 heavy (non-hydrogen) atoms. The Kier molecular flexibility index (Phi) is 4.27. The summed E-state index contributed by atoms with van der Waals surface area (Å²) >= 11 is 7.45. The van der Waals surface area contributed by atoms with Gasteiger partial charge in [-0.1, -0.05) is 11.6 Å². The van der Waals surface area contributed by atoms with Crippen LogP contribution in [0.5, 0.6) is 5.75 Å². The van der Waals surface area contributed by atoms with Crippen LogP contribution >= 0.6 is 22.9 Å². The number of rotatable bonds is 4. The molecule has 0 radical (unpaired) electrons. The Bertz CT molecular complexity index is 593. The monoisotopic (exact) mass is 294 g/mol. The lowest BCUT2D eigenvalue weighted by Crippen LogP contribution is -2.11. The molecule has 1 aromatic carbocycles. The Labute approximate surface area is 122 Å². The highest BCUT2D eigenvalue weighted by Gasteiger charge is 2.11. The van der Waals surface area contributed by atoms with Gasteiger partial charge >= 0.3 is 0 Å². The molecule has 0 atom stereocenters. The van der Waals surface area contributed by atoms with Crippen molar-refractivity contribution >= 4 is 28.7 Å². The molecule has 2 aromatic rings. The van der Waals surface area contributed by atoms with Gasteiger partial charge in [0.2, 0.25) is 5.78 Å². The van der Waals surface area contributed by atoms with Crippen LogP contribution in [0.15, 0.2) is 24.3 Å². The van der Waals surface area contributed by atoms with E-state index in [0.717, 1.165) is 26.6 Å². The van der Waals surface area contributed by atoms with Crippen LogP contribution in [0.3, 0.4) is 0 Å². The van der Waals surface area contributed by atoms with E-state index in [-0.39, 0.29) is 12.4 Å². The molecule has 0 bridgehead atoms. The van der Waals surface area contributed by atoms with Gasteiger partial charge in [-0.2, -0.15) is 0 Å². The second-order valence-corrected chi connectivity index (χ2v) is 6.22. The van der Waals surface area contributed by atoms with E-state index in [4.69, 9.17) is 16.3 Å². The molecule has 0 aliphatic carbocycles. The molecule has 0 amide bonds. The Balaban J connectivity index is 2.09. The maximum absolute atomic E-state index is 12.0. The fraction of sp³-hybridized carbons (Fsp3) is 0.267. The molecule has 2 rings (SSSR count). The molecule has 0 N–H and O–H groups in total. The van der Waals surface area contributed by atoms with Gasteiger partial charge in [-0.15, -0.1) is 11.3 Å². The molecule has 0 saturated carbocycles. The average Bonchev–Trinajstić information content (AvgIpc) is 2.74. The smallest absolute Gasteiger partial charge is 0.210 e. The number of aryl methyl sites for hydroxylation is 3. The topological polar surface area (TPSA) is 26.3 Å². The van der Waals surface area contributed by atoms with Crippen molar-refractivity contribution in [2.24, 2.45) is 0 Å². The van der Waals surface area contributed by atoms with E-state index in [0.29, 0.717) is 5.02 Å². The fourth-order valence-electron chi connectivity index (χ4n) is 1.92. The number of ketones is 1. The van der Waals surface area contributed by atoms with Crippen molar-refractivity contribution < 1.29 is 9.53 Å². The minimum Gasteiger partial charge on any atom is -0.485 e. The third-order valence-corrected chi connectivity index (χ3v) is 4.05. The molecule has 0 fully saturated rings. The predicted molar refractivity (Wildman–Crippen MR) is 79.8 cm³/mol. The molecule has 0 saturated heterocycles. The molecule has 0 aliphatic rings. The second-order valence-electron chi connectivity index (χ2n) is 4.49. The molecule has 100 valence electrons. The van der Waals surface area contributed by atoms with Gasteiger partial charge in [0.1, 0.15) is 5.75 Å². The molecule has 1 heterocycles. The van der Waals surface area contributed by atoms with Crippen LogP contribution < -0.4 is 4.74 Å². The van der Waals surface area contributed by atoms with E-state index in [1.807, 2.05) is 45.0 Å². The van der Waals surface area contributed by atoms with E-state index >= 15 is 0 Å². The van der Waals surface area contributed by atoms with Crippen LogP contribution in [0, 0.1) is 20.8 Å². The van der Waals surface area contributed by atoms with Gasteiger partial charge in [0.25, 0.3) is 0 Å². The summed E-state index contributed by atoms with van der Waals surface area (Å²) < 4.78 is 5.65. The number of halogens is 1. The zero-order chi connectivity index (χ0) is 14.0. The predicted octanol–water partition coefficient (Wildman–Crippen LogP) is 4.59. The van der Waals surface area contributed by atoms with Crippen LogP contribution in [-0.2, 0) is 0 Å². The summed E-state index contributed by atoms with van der Waals surface area (Å²) in [7, 11) is 0. The number of hydrogen-bond acceptors (Lipinski definition) is 3. The van der Waals surface area contributed by atoms with Gasteiger partial charge < -0.3 is 4.74 Å². The first-order valence-electron chi connectivity index (χ1n) is 5.96. The van der Waals surface area contributed by atoms with Gasteiger partial charge in [0, 0.05) is 9.90 Å². The van der Waals surface area contributed by atoms with Gasteiger partial charge in [-0.05, 0) is 56.2 Å². The minimum atomic E-state index is 0.00634. The van der Waals surface area contributed by atoms with Gasteiger partial charge in [-0.3, -0.25) is 4.79 Å². The van der Waals surface area contributed by atoms with Crippen LogP contribution in [0.25, 0.3) is 0 Å². The summed E-state index contributed by atoms with van der Waals surface area (Å²) in [4.78, 5) is 13.8. The van der Waals surface area contributed by atoms with Crippen molar-refractivity contribution in [2.75, 3.05) is 6.61 Å². The molecule has 2 nitrogen and oxygen atoms in total. The second kappa shape index (κ2) is 5.76. The first-order chi connectivity index (χ1) is 8.97. The van der Waals surface area contributed by atoms with Gasteiger partial charge in [-0.25, -0.2) is 0 Å². The van der Waals surface area contributed by atoms with E-state index in [1.54, 1.807) is 0 Å². The normalized spacial score (nSPS) is 10.5. The quantitative estimate of drug-likeness (QED) is 0.771. The van der Waals surface area contributed by atoms with Crippen molar-refractivity contribution in [3.63, 3.8) is 0 Å². The van der Waals surface area contributed by atoms with Crippen LogP contribution in [0.4, 0.5) is 0 Å². The van der Waals surface area contributed by atoms with Crippen molar-refractivity contribution in [1.82, 2.24) is 0 Å². The van der Waals surface area contributed by atoms with Crippen molar-refractivity contribution in [2.45, 2.75) is 20.8 Å². The third kappa shape index (κ3) is 3.37. The van der Waals surface area contributed by atoms with Crippen LogP contribution in [0.1, 0.15) is 25.7 Å². The highest BCUT2D eigenvalue weighted by atomic mass is 35.5. The van der Waals surface area contributed by atoms with Crippen LogP contribution in [-0.4, -0.2) is 12.4 Å². The zero-order valence-electron chi connectivity index (χ0n) is 11.1. The van der Waals surface area contributed by atoms with E-state index < -0.39 is 0 Å². The first kappa shape index (κ1) is 14.1. The van der Waals surface area contributed by atoms with Crippen molar-refractivity contribution in [1.29, 1.82) is 0 Å². The number of ether oxygens (including phenoxy) is 1. The van der Waals surface area contributed by atoms with E-state index in [9.17, 15) is 4.79 Å². The molecule has 0 aliphatic heterocycles. The maximum atomic E-state index is 12.0. The first-order valence-corrected chi connectivity index (χ1v) is 7.16. The van der Waals surface area contributed by atoms with Crippen molar-refractivity contribution in [3.8, 4) is 5.75 Å². The molecule has 4 heteroatoms. The Morgan fingerprint density at radius 3 is 2.37 bits per heavy atom. The Hall–Kier alpha value is -1.32. The molecule has 0 spiro atoms. The molecular weight excluding hydrogens is 280 g/mol.